The zero-order chi connectivity index (χ0) is 19.1. The maximum absolute atomic E-state index is 12.3. The molecule has 7 nitrogen and oxygen atoms in total. The molecule has 2 aromatic rings. The first-order chi connectivity index (χ1) is 12.5. The number of hydrogen-bond donors (Lipinski definition) is 1. The Hall–Kier alpha value is -2.93. The maximum Gasteiger partial charge on any atom is 0.271 e. The minimum absolute atomic E-state index is 0.351. The summed E-state index contributed by atoms with van der Waals surface area (Å²) in [6.07, 6.45) is 1.45. The van der Waals surface area contributed by atoms with Crippen molar-refractivity contribution in [2.45, 2.75) is 0 Å². The smallest absolute Gasteiger partial charge is 0.271 e. The van der Waals surface area contributed by atoms with E-state index < -0.39 is 5.91 Å². The van der Waals surface area contributed by atoms with Crippen LogP contribution in [0, 0.1) is 0 Å². The molecule has 138 valence electrons. The molecule has 0 aliphatic rings. The van der Waals surface area contributed by atoms with Crippen molar-refractivity contribution in [3.63, 3.8) is 0 Å². The van der Waals surface area contributed by atoms with Crippen molar-refractivity contribution >= 4 is 23.7 Å². The molecule has 2 aromatic carbocycles. The molecule has 0 bridgehead atoms. The van der Waals surface area contributed by atoms with Crippen LogP contribution in [0.2, 0.25) is 5.02 Å². The molecule has 0 heterocycles. The lowest BCUT2D eigenvalue weighted by Crippen LogP contribution is -2.17. The Morgan fingerprint density at radius 2 is 1.62 bits per heavy atom. The second-order valence-corrected chi connectivity index (χ2v) is 5.45. The lowest BCUT2D eigenvalue weighted by Gasteiger charge is -2.10. The number of nitrogens with zero attached hydrogens (tertiary/aromatic N) is 1. The lowest BCUT2D eigenvalue weighted by molar-refractivity contribution is 0.0954. The van der Waals surface area contributed by atoms with Gasteiger partial charge in [-0.25, -0.2) is 5.43 Å². The summed E-state index contributed by atoms with van der Waals surface area (Å²) in [6, 6.07) is 8.18. The van der Waals surface area contributed by atoms with Crippen molar-refractivity contribution in [1.82, 2.24) is 5.43 Å². The molecule has 2 rings (SSSR count). The highest BCUT2D eigenvalue weighted by molar-refractivity contribution is 6.32. The van der Waals surface area contributed by atoms with E-state index >= 15 is 0 Å². The van der Waals surface area contributed by atoms with E-state index in [2.05, 4.69) is 10.5 Å². The predicted octanol–water partition coefficient (Wildman–Crippen LogP) is 3.14. The van der Waals surface area contributed by atoms with Gasteiger partial charge in [0, 0.05) is 11.6 Å². The van der Waals surface area contributed by atoms with Gasteiger partial charge in [0.05, 0.1) is 39.7 Å². The van der Waals surface area contributed by atoms with Crippen molar-refractivity contribution in [2.75, 3.05) is 28.4 Å². The minimum Gasteiger partial charge on any atom is -0.497 e. The first-order valence-corrected chi connectivity index (χ1v) is 7.88. The van der Waals surface area contributed by atoms with Crippen molar-refractivity contribution in [3.8, 4) is 23.0 Å². The van der Waals surface area contributed by atoms with E-state index in [0.29, 0.717) is 39.1 Å². The standard InChI is InChI=1S/C18H19ClN2O5/c1-23-13-7-12(8-14(9-13)24-2)18(22)21-20-10-11-5-15(19)17(26-4)16(6-11)25-3/h5-10H,1-4H3,(H,21,22). The van der Waals surface area contributed by atoms with Gasteiger partial charge in [0.25, 0.3) is 5.91 Å². The van der Waals surface area contributed by atoms with Gasteiger partial charge in [-0.2, -0.15) is 5.10 Å². The average molecular weight is 379 g/mol. The van der Waals surface area contributed by atoms with Gasteiger partial charge in [0.1, 0.15) is 11.5 Å². The Bertz CT molecular complexity index is 801. The second kappa shape index (κ2) is 8.96. The number of ether oxygens (including phenoxy) is 4. The lowest BCUT2D eigenvalue weighted by atomic mass is 10.2. The van der Waals surface area contributed by atoms with Crippen LogP contribution in [0.3, 0.4) is 0 Å². The Morgan fingerprint density at radius 1 is 0.962 bits per heavy atom. The summed E-state index contributed by atoms with van der Waals surface area (Å²) in [5, 5.41) is 4.31. The van der Waals surface area contributed by atoms with Gasteiger partial charge >= 0.3 is 0 Å². The SMILES string of the molecule is COc1cc(OC)cc(C(=O)NN=Cc2cc(Cl)c(OC)c(OC)c2)c1. The predicted molar refractivity (Wildman–Crippen MR) is 99.2 cm³/mol. The Labute approximate surface area is 156 Å². The first-order valence-electron chi connectivity index (χ1n) is 7.50. The highest BCUT2D eigenvalue weighted by Gasteiger charge is 2.11. The van der Waals surface area contributed by atoms with E-state index in [4.69, 9.17) is 30.5 Å². The van der Waals surface area contributed by atoms with Crippen LogP contribution in [0.25, 0.3) is 0 Å². The van der Waals surface area contributed by atoms with Crippen LogP contribution in [-0.2, 0) is 0 Å². The topological polar surface area (TPSA) is 78.4 Å². The first kappa shape index (κ1) is 19.4. The monoisotopic (exact) mass is 378 g/mol. The summed E-state index contributed by atoms with van der Waals surface area (Å²) in [6.45, 7) is 0. The third-order valence-corrected chi connectivity index (χ3v) is 3.73. The van der Waals surface area contributed by atoms with Crippen molar-refractivity contribution in [1.29, 1.82) is 0 Å². The molecule has 0 saturated carbocycles. The minimum atomic E-state index is -0.412. The molecule has 1 amide bonds. The van der Waals surface area contributed by atoms with Crippen LogP contribution in [-0.4, -0.2) is 40.6 Å². The zero-order valence-corrected chi connectivity index (χ0v) is 15.6. The molecule has 0 unspecified atom stereocenters. The average Bonchev–Trinajstić information content (AvgIpc) is 2.66. The highest BCUT2D eigenvalue weighted by Crippen LogP contribution is 2.35. The maximum atomic E-state index is 12.3. The molecule has 0 saturated heterocycles. The van der Waals surface area contributed by atoms with Crippen LogP contribution in [0.4, 0.5) is 0 Å². The van der Waals surface area contributed by atoms with E-state index in [1.54, 1.807) is 30.3 Å². The normalized spacial score (nSPS) is 10.5. The second-order valence-electron chi connectivity index (χ2n) is 5.04. The molecule has 0 radical (unpaired) electrons. The molecule has 0 fully saturated rings. The summed E-state index contributed by atoms with van der Waals surface area (Å²) < 4.78 is 20.7. The number of rotatable bonds is 7. The van der Waals surface area contributed by atoms with Crippen LogP contribution in [0.15, 0.2) is 35.4 Å². The van der Waals surface area contributed by atoms with Gasteiger partial charge < -0.3 is 18.9 Å². The zero-order valence-electron chi connectivity index (χ0n) is 14.8. The number of methoxy groups -OCH3 is 4. The number of hydrazone groups is 1. The summed E-state index contributed by atoms with van der Waals surface area (Å²) in [5.74, 6) is 1.49. The van der Waals surface area contributed by atoms with Gasteiger partial charge in [-0.1, -0.05) is 11.6 Å². The van der Waals surface area contributed by atoms with Crippen LogP contribution >= 0.6 is 11.6 Å². The quantitative estimate of drug-likeness (QED) is 0.591. The molecule has 8 heteroatoms. The number of benzene rings is 2. The molecule has 26 heavy (non-hydrogen) atoms. The highest BCUT2D eigenvalue weighted by atomic mass is 35.5. The Kier molecular flexibility index (Phi) is 6.68. The molecule has 0 atom stereocenters. The number of amides is 1. The van der Waals surface area contributed by atoms with Crippen molar-refractivity contribution in [2.24, 2.45) is 5.10 Å². The Balaban J connectivity index is 2.16. The summed E-state index contributed by atoms with van der Waals surface area (Å²) in [5.41, 5.74) is 3.43. The third-order valence-electron chi connectivity index (χ3n) is 3.45. The van der Waals surface area contributed by atoms with E-state index in [-0.39, 0.29) is 0 Å². The van der Waals surface area contributed by atoms with Gasteiger partial charge in [0.15, 0.2) is 11.5 Å². The fourth-order valence-electron chi connectivity index (χ4n) is 2.18. The molecule has 0 aromatic heterocycles. The molecular weight excluding hydrogens is 360 g/mol. The third kappa shape index (κ3) is 4.58. The number of carbonyl (C=O) groups is 1. The van der Waals surface area contributed by atoms with E-state index in [9.17, 15) is 4.79 Å². The van der Waals surface area contributed by atoms with E-state index in [1.165, 1.54) is 34.7 Å². The fourth-order valence-corrected chi connectivity index (χ4v) is 2.48. The summed E-state index contributed by atoms with van der Waals surface area (Å²) >= 11 is 6.14. The molecule has 0 aliphatic heterocycles. The molecule has 0 spiro atoms. The number of halogens is 1. The molecule has 1 N–H and O–H groups in total. The van der Waals surface area contributed by atoms with Crippen LogP contribution in [0.5, 0.6) is 23.0 Å². The number of nitrogens with one attached hydrogen (secondary N) is 1. The number of carbonyl (C=O) groups excluding carboxylic acids is 1. The van der Waals surface area contributed by atoms with Gasteiger partial charge in [-0.05, 0) is 29.8 Å². The van der Waals surface area contributed by atoms with Crippen molar-refractivity contribution < 1.29 is 23.7 Å². The van der Waals surface area contributed by atoms with Gasteiger partial charge in [-0.3, -0.25) is 4.79 Å². The van der Waals surface area contributed by atoms with Crippen molar-refractivity contribution in [3.05, 3.63) is 46.5 Å². The fraction of sp³-hybridized carbons (Fsp3) is 0.222. The number of hydrogen-bond acceptors (Lipinski definition) is 6. The van der Waals surface area contributed by atoms with E-state index in [1.807, 2.05) is 0 Å². The van der Waals surface area contributed by atoms with Crippen LogP contribution in [0.1, 0.15) is 15.9 Å². The Morgan fingerprint density at radius 3 is 2.15 bits per heavy atom. The summed E-state index contributed by atoms with van der Waals surface area (Å²) in [7, 11) is 6.03. The van der Waals surface area contributed by atoms with Gasteiger partial charge in [0.2, 0.25) is 0 Å². The molecular formula is C18H19ClN2O5. The largest absolute Gasteiger partial charge is 0.497 e. The summed E-state index contributed by atoms with van der Waals surface area (Å²) in [4.78, 5) is 12.3. The van der Waals surface area contributed by atoms with Gasteiger partial charge in [-0.15, -0.1) is 0 Å². The van der Waals surface area contributed by atoms with E-state index in [0.717, 1.165) is 0 Å². The van der Waals surface area contributed by atoms with Crippen LogP contribution < -0.4 is 24.4 Å². The molecule has 0 aliphatic carbocycles.